The summed E-state index contributed by atoms with van der Waals surface area (Å²) in [7, 11) is 1.83. The van der Waals surface area contributed by atoms with Gasteiger partial charge >= 0.3 is 11.8 Å². The van der Waals surface area contributed by atoms with E-state index in [4.69, 9.17) is 0 Å². The molecule has 2 aromatic heterocycles. The van der Waals surface area contributed by atoms with Crippen LogP contribution >= 0.6 is 0 Å². The fraction of sp³-hybridized carbons (Fsp3) is 0.176. The number of carbonyl (C=O) groups excluding carboxylic acids is 2. The molecule has 0 spiro atoms. The van der Waals surface area contributed by atoms with Crippen molar-refractivity contribution in [3.63, 3.8) is 0 Å². The molecule has 0 aliphatic carbocycles. The van der Waals surface area contributed by atoms with Crippen LogP contribution in [0.15, 0.2) is 42.6 Å². The Bertz CT molecular complexity index is 902. The number of pyridine rings is 1. The average Bonchev–Trinajstić information content (AvgIpc) is 2.87. The van der Waals surface area contributed by atoms with Crippen molar-refractivity contribution < 1.29 is 9.59 Å². The molecule has 3 rings (SSSR count). The van der Waals surface area contributed by atoms with Crippen LogP contribution < -0.4 is 10.6 Å². The number of nitrogens with one attached hydrogen (secondary N) is 2. The van der Waals surface area contributed by atoms with Crippen molar-refractivity contribution >= 4 is 28.4 Å². The molecule has 1 aromatic carbocycles. The number of rotatable bonds is 3. The van der Waals surface area contributed by atoms with Crippen molar-refractivity contribution in [2.75, 3.05) is 5.32 Å². The lowest BCUT2D eigenvalue weighted by atomic mass is 10.2. The first-order chi connectivity index (χ1) is 11.5. The molecule has 0 bridgehead atoms. The molecule has 7 heteroatoms. The lowest BCUT2D eigenvalue weighted by Crippen LogP contribution is -2.35. The molecule has 24 heavy (non-hydrogen) atoms. The zero-order valence-corrected chi connectivity index (χ0v) is 13.4. The Morgan fingerprint density at radius 3 is 2.75 bits per heavy atom. The number of fused-ring (bicyclic) bond motifs is 1. The normalized spacial score (nSPS) is 10.6. The highest BCUT2D eigenvalue weighted by Gasteiger charge is 2.14. The molecule has 0 atom stereocenters. The van der Waals surface area contributed by atoms with E-state index in [0.717, 1.165) is 16.6 Å². The lowest BCUT2D eigenvalue weighted by Gasteiger charge is -2.07. The highest BCUT2D eigenvalue weighted by molar-refractivity contribution is 6.39. The van der Waals surface area contributed by atoms with Gasteiger partial charge in [0.1, 0.15) is 0 Å². The van der Waals surface area contributed by atoms with Crippen molar-refractivity contribution in [1.29, 1.82) is 0 Å². The predicted molar refractivity (Wildman–Crippen MR) is 90.2 cm³/mol. The van der Waals surface area contributed by atoms with E-state index >= 15 is 0 Å². The maximum absolute atomic E-state index is 12.0. The van der Waals surface area contributed by atoms with Crippen LogP contribution in [0.5, 0.6) is 0 Å². The molecule has 3 aromatic rings. The summed E-state index contributed by atoms with van der Waals surface area (Å²) in [5.74, 6) is -1.42. The highest BCUT2D eigenvalue weighted by Crippen LogP contribution is 2.21. The first kappa shape index (κ1) is 15.7. The van der Waals surface area contributed by atoms with Gasteiger partial charge in [-0.25, -0.2) is 0 Å². The van der Waals surface area contributed by atoms with Crippen molar-refractivity contribution in [1.82, 2.24) is 20.1 Å². The zero-order chi connectivity index (χ0) is 17.1. The molecule has 0 fully saturated rings. The summed E-state index contributed by atoms with van der Waals surface area (Å²) in [6.45, 7) is 2.12. The van der Waals surface area contributed by atoms with Gasteiger partial charge in [-0.15, -0.1) is 0 Å². The minimum atomic E-state index is -0.718. The Morgan fingerprint density at radius 2 is 2.00 bits per heavy atom. The summed E-state index contributed by atoms with van der Waals surface area (Å²) in [4.78, 5) is 28.0. The number of nitrogens with zero attached hydrogens (tertiary/aromatic N) is 3. The van der Waals surface area contributed by atoms with Crippen LogP contribution in [-0.2, 0) is 23.2 Å². The van der Waals surface area contributed by atoms with E-state index < -0.39 is 11.8 Å². The number of aryl methyl sites for hydroxylation is 2. The molecular weight excluding hydrogens is 306 g/mol. The molecule has 122 valence electrons. The predicted octanol–water partition coefficient (Wildman–Crippen LogP) is 1.53. The van der Waals surface area contributed by atoms with E-state index in [2.05, 4.69) is 20.7 Å². The summed E-state index contributed by atoms with van der Waals surface area (Å²) in [5.41, 5.74) is 3.03. The van der Waals surface area contributed by atoms with Gasteiger partial charge in [-0.2, -0.15) is 5.10 Å². The van der Waals surface area contributed by atoms with Crippen LogP contribution in [-0.4, -0.2) is 26.6 Å². The molecule has 0 radical (unpaired) electrons. The van der Waals surface area contributed by atoms with E-state index in [1.807, 2.05) is 26.1 Å². The number of amides is 2. The molecule has 0 aliphatic heterocycles. The fourth-order valence-electron chi connectivity index (χ4n) is 2.46. The zero-order valence-electron chi connectivity index (χ0n) is 13.4. The molecule has 0 aliphatic rings. The quantitative estimate of drug-likeness (QED) is 0.715. The summed E-state index contributed by atoms with van der Waals surface area (Å²) in [5, 5.41) is 10.5. The average molecular weight is 323 g/mol. The van der Waals surface area contributed by atoms with Gasteiger partial charge in [-0.05, 0) is 37.3 Å². The van der Waals surface area contributed by atoms with Crippen LogP contribution in [0, 0.1) is 6.92 Å². The molecule has 2 amide bonds. The number of aromatic nitrogens is 3. The van der Waals surface area contributed by atoms with Gasteiger partial charge < -0.3 is 10.6 Å². The first-order valence-corrected chi connectivity index (χ1v) is 7.47. The number of benzene rings is 1. The van der Waals surface area contributed by atoms with Crippen molar-refractivity contribution in [3.8, 4) is 0 Å². The van der Waals surface area contributed by atoms with Crippen LogP contribution in [0.3, 0.4) is 0 Å². The number of anilines is 1. The van der Waals surface area contributed by atoms with Gasteiger partial charge in [0.05, 0.1) is 23.4 Å². The summed E-state index contributed by atoms with van der Waals surface area (Å²) < 4.78 is 1.74. The van der Waals surface area contributed by atoms with Crippen LogP contribution in [0.25, 0.3) is 10.9 Å². The standard InChI is InChI=1S/C17H17N5O2/c1-11-14-7-6-12(9-15(14)22(2)21-11)20-17(24)16(23)19-10-13-5-3-4-8-18-13/h3-9H,10H2,1-2H3,(H,19,23)(H,20,24). The van der Waals surface area contributed by atoms with E-state index in [-0.39, 0.29) is 6.54 Å². The monoisotopic (exact) mass is 323 g/mol. The largest absolute Gasteiger partial charge is 0.342 e. The van der Waals surface area contributed by atoms with E-state index in [9.17, 15) is 9.59 Å². The third kappa shape index (κ3) is 3.24. The van der Waals surface area contributed by atoms with E-state index in [1.165, 1.54) is 0 Å². The molecular formula is C17H17N5O2. The molecule has 2 N–H and O–H groups in total. The maximum atomic E-state index is 12.0. The third-order valence-electron chi connectivity index (χ3n) is 3.66. The van der Waals surface area contributed by atoms with E-state index in [0.29, 0.717) is 11.4 Å². The van der Waals surface area contributed by atoms with Gasteiger partial charge in [0, 0.05) is 24.3 Å². The number of hydrogen-bond acceptors (Lipinski definition) is 4. The first-order valence-electron chi connectivity index (χ1n) is 7.47. The Labute approximate surface area is 138 Å². The fourth-order valence-corrected chi connectivity index (χ4v) is 2.46. The van der Waals surface area contributed by atoms with Crippen molar-refractivity contribution in [2.45, 2.75) is 13.5 Å². The van der Waals surface area contributed by atoms with Gasteiger partial charge in [0.25, 0.3) is 0 Å². The lowest BCUT2D eigenvalue weighted by molar-refractivity contribution is -0.136. The number of carbonyl (C=O) groups is 2. The van der Waals surface area contributed by atoms with Gasteiger partial charge in [0.15, 0.2) is 0 Å². The van der Waals surface area contributed by atoms with Crippen LogP contribution in [0.2, 0.25) is 0 Å². The minimum absolute atomic E-state index is 0.201. The Balaban J connectivity index is 1.65. The SMILES string of the molecule is Cc1nn(C)c2cc(NC(=O)C(=O)NCc3ccccn3)ccc12. The Morgan fingerprint density at radius 1 is 1.17 bits per heavy atom. The second-order valence-electron chi connectivity index (χ2n) is 5.40. The van der Waals surface area contributed by atoms with Gasteiger partial charge in [-0.3, -0.25) is 19.3 Å². The smallest absolute Gasteiger partial charge is 0.313 e. The van der Waals surface area contributed by atoms with Crippen molar-refractivity contribution in [2.24, 2.45) is 7.05 Å². The summed E-state index contributed by atoms with van der Waals surface area (Å²) in [6, 6.07) is 10.8. The third-order valence-corrected chi connectivity index (χ3v) is 3.66. The van der Waals surface area contributed by atoms with Gasteiger partial charge in [0.2, 0.25) is 0 Å². The molecule has 0 unspecified atom stereocenters. The summed E-state index contributed by atoms with van der Waals surface area (Å²) in [6.07, 6.45) is 1.63. The topological polar surface area (TPSA) is 88.9 Å². The molecule has 0 saturated carbocycles. The van der Waals surface area contributed by atoms with Crippen molar-refractivity contribution in [3.05, 3.63) is 54.0 Å². The molecule has 0 saturated heterocycles. The summed E-state index contributed by atoms with van der Waals surface area (Å²) >= 11 is 0. The number of hydrogen-bond donors (Lipinski definition) is 2. The molecule has 2 heterocycles. The second-order valence-corrected chi connectivity index (χ2v) is 5.40. The van der Waals surface area contributed by atoms with Crippen LogP contribution in [0.4, 0.5) is 5.69 Å². The highest BCUT2D eigenvalue weighted by atomic mass is 16.2. The maximum Gasteiger partial charge on any atom is 0.313 e. The minimum Gasteiger partial charge on any atom is -0.342 e. The molecule has 7 nitrogen and oxygen atoms in total. The second kappa shape index (κ2) is 6.49. The Kier molecular flexibility index (Phi) is 4.24. The Hall–Kier alpha value is -3.22. The van der Waals surface area contributed by atoms with Gasteiger partial charge in [-0.1, -0.05) is 6.07 Å². The van der Waals surface area contributed by atoms with E-state index in [1.54, 1.807) is 35.1 Å². The van der Waals surface area contributed by atoms with Crippen LogP contribution in [0.1, 0.15) is 11.4 Å².